The molecule has 2 amide bonds. The number of amidine groups is 1. The lowest BCUT2D eigenvalue weighted by Crippen LogP contribution is -2.25. The van der Waals surface area contributed by atoms with Crippen LogP contribution in [-0.4, -0.2) is 36.3 Å². The van der Waals surface area contributed by atoms with Crippen LogP contribution >= 0.6 is 23.5 Å². The Kier molecular flexibility index (Phi) is 12.3. The molecule has 0 atom stereocenters. The summed E-state index contributed by atoms with van der Waals surface area (Å²) in [5, 5.41) is 10.9. The minimum atomic E-state index is -0.645. The van der Waals surface area contributed by atoms with E-state index < -0.39 is 5.91 Å². The molecule has 0 saturated carbocycles. The molecule has 3 aromatic carbocycles. The second-order valence-electron chi connectivity index (χ2n) is 8.48. The summed E-state index contributed by atoms with van der Waals surface area (Å²) in [6, 6.07) is 20.0. The van der Waals surface area contributed by atoms with Gasteiger partial charge in [0.1, 0.15) is 17.4 Å². The van der Waals surface area contributed by atoms with E-state index in [1.165, 1.54) is 31.9 Å². The first kappa shape index (κ1) is 31.2. The maximum atomic E-state index is 13.0. The number of benzene rings is 3. The fraction of sp³-hybridized carbons (Fsp3) is 0.214. The van der Waals surface area contributed by atoms with Crippen molar-refractivity contribution in [1.29, 1.82) is 5.41 Å². The highest BCUT2D eigenvalue weighted by Gasteiger charge is 2.15. The second kappa shape index (κ2) is 15.4. The maximum absolute atomic E-state index is 13.0. The number of carbonyl (C=O) groups excluding carboxylic acids is 3. The van der Waals surface area contributed by atoms with Crippen molar-refractivity contribution in [2.45, 2.75) is 26.9 Å². The molecule has 206 valence electrons. The number of nitrogens with zero attached hydrogens (tertiary/aromatic N) is 1. The molecule has 39 heavy (non-hydrogen) atoms. The normalized spacial score (nSPS) is 10.1. The summed E-state index contributed by atoms with van der Waals surface area (Å²) in [6.45, 7) is 3.47. The molecule has 0 unspecified atom stereocenters. The number of nitrogen functional groups attached to an aromatic ring is 1. The first-order valence-corrected chi connectivity index (χ1v) is 13.4. The zero-order valence-corrected chi connectivity index (χ0v) is 23.6. The number of carbonyl (C=O) groups is 3. The Morgan fingerprint density at radius 3 is 2.26 bits per heavy atom. The second-order valence-corrected chi connectivity index (χ2v) is 9.73. The fourth-order valence-electron chi connectivity index (χ4n) is 3.29. The number of rotatable bonds is 11. The molecule has 0 saturated heterocycles. The van der Waals surface area contributed by atoms with Crippen molar-refractivity contribution in [1.82, 2.24) is 5.32 Å². The van der Waals surface area contributed by atoms with E-state index in [9.17, 15) is 14.4 Å². The largest absolute Gasteiger partial charge is 0.483 e. The predicted molar refractivity (Wildman–Crippen MR) is 157 cm³/mol. The molecule has 6 N–H and O–H groups in total. The molecule has 0 aliphatic heterocycles. The quantitative estimate of drug-likeness (QED) is 0.153. The van der Waals surface area contributed by atoms with Crippen LogP contribution in [0.5, 0.6) is 5.75 Å². The van der Waals surface area contributed by atoms with Crippen molar-refractivity contribution in [3.8, 4) is 5.75 Å². The highest BCUT2D eigenvalue weighted by Crippen LogP contribution is 2.28. The van der Waals surface area contributed by atoms with E-state index in [2.05, 4.69) is 5.32 Å². The van der Waals surface area contributed by atoms with Crippen molar-refractivity contribution in [3.63, 3.8) is 0 Å². The van der Waals surface area contributed by atoms with Gasteiger partial charge in [-0.25, -0.2) is 0 Å². The highest BCUT2D eigenvalue weighted by molar-refractivity contribution is 7.99. The van der Waals surface area contributed by atoms with Gasteiger partial charge in [0.05, 0.1) is 6.54 Å². The third-order valence-electron chi connectivity index (χ3n) is 5.01. The fourth-order valence-corrected chi connectivity index (χ4v) is 4.11. The third-order valence-corrected chi connectivity index (χ3v) is 6.01. The van der Waals surface area contributed by atoms with Crippen LogP contribution in [0.2, 0.25) is 5.02 Å². The van der Waals surface area contributed by atoms with E-state index in [0.29, 0.717) is 34.0 Å². The Bertz CT molecular complexity index is 1320. The lowest BCUT2D eigenvalue weighted by molar-refractivity contribution is -0.120. The predicted octanol–water partition coefficient (Wildman–Crippen LogP) is 4.30. The standard InChI is InChI=1S/C25H26ClN5O3S.C3H6O/c1-35-31(14-16-5-3-2-4-6-16)21-10-19(9-20(26)12-21)25(33)30-13-18-8-7-17(24(28)29)11-22(18)34-15-23(27)32;1-3(2)4/h2-12H,13-15H2,1H3,(H2,27,32)(H3,28,29)(H,30,33);1-2H3. The third kappa shape index (κ3) is 10.7. The molecule has 3 aromatic rings. The number of anilines is 1. The average Bonchev–Trinajstić information content (AvgIpc) is 2.89. The Hall–Kier alpha value is -4.02. The molecule has 0 bridgehead atoms. The summed E-state index contributed by atoms with van der Waals surface area (Å²) in [7, 11) is 0. The zero-order chi connectivity index (χ0) is 28.9. The molecule has 9 nitrogen and oxygen atoms in total. The minimum absolute atomic E-state index is 0.114. The summed E-state index contributed by atoms with van der Waals surface area (Å²) in [5.41, 5.74) is 14.1. The van der Waals surface area contributed by atoms with E-state index in [0.717, 1.165) is 11.3 Å². The topological polar surface area (TPSA) is 152 Å². The van der Waals surface area contributed by atoms with Crippen molar-refractivity contribution in [2.24, 2.45) is 11.5 Å². The molecule has 0 fully saturated rings. The van der Waals surface area contributed by atoms with E-state index in [-0.39, 0.29) is 30.7 Å². The monoisotopic (exact) mass is 569 g/mol. The van der Waals surface area contributed by atoms with Crippen molar-refractivity contribution in [3.05, 3.63) is 94.0 Å². The molecule has 3 rings (SSSR count). The van der Waals surface area contributed by atoms with Crippen LogP contribution in [0.1, 0.15) is 40.9 Å². The molecular formula is C28H32ClN5O4S. The number of Topliss-reactive ketones (excluding diaryl/α,β-unsaturated/α-hetero) is 1. The van der Waals surface area contributed by atoms with Gasteiger partial charge < -0.3 is 30.6 Å². The number of amides is 2. The lowest BCUT2D eigenvalue weighted by Gasteiger charge is -2.22. The van der Waals surface area contributed by atoms with Gasteiger partial charge in [-0.2, -0.15) is 0 Å². The van der Waals surface area contributed by atoms with Gasteiger partial charge in [0.25, 0.3) is 11.8 Å². The minimum Gasteiger partial charge on any atom is -0.483 e. The van der Waals surface area contributed by atoms with E-state index in [1.807, 2.05) is 47.0 Å². The summed E-state index contributed by atoms with van der Waals surface area (Å²) in [5.74, 6) is -0.649. The van der Waals surface area contributed by atoms with E-state index in [4.69, 9.17) is 33.2 Å². The molecule has 11 heteroatoms. The summed E-state index contributed by atoms with van der Waals surface area (Å²) in [6.07, 6.45) is 1.96. The van der Waals surface area contributed by atoms with Crippen LogP contribution in [0.3, 0.4) is 0 Å². The van der Waals surface area contributed by atoms with Crippen molar-refractivity contribution < 1.29 is 19.1 Å². The van der Waals surface area contributed by atoms with Gasteiger partial charge >= 0.3 is 0 Å². The van der Waals surface area contributed by atoms with Gasteiger partial charge in [-0.1, -0.05) is 66.0 Å². The van der Waals surface area contributed by atoms with Gasteiger partial charge in [0.2, 0.25) is 0 Å². The smallest absolute Gasteiger partial charge is 0.255 e. The Morgan fingerprint density at radius 1 is 1.00 bits per heavy atom. The van der Waals surface area contributed by atoms with Gasteiger partial charge in [-0.05, 0) is 43.7 Å². The van der Waals surface area contributed by atoms with Gasteiger partial charge in [0.15, 0.2) is 6.61 Å². The number of nitrogens with one attached hydrogen (secondary N) is 2. The van der Waals surface area contributed by atoms with Gasteiger partial charge in [-0.15, -0.1) is 0 Å². The number of ether oxygens (including phenoxy) is 1. The van der Waals surface area contributed by atoms with Crippen LogP contribution in [0.4, 0.5) is 5.69 Å². The molecular weight excluding hydrogens is 538 g/mol. The van der Waals surface area contributed by atoms with Crippen LogP contribution in [0.15, 0.2) is 66.7 Å². The number of hydrogen-bond acceptors (Lipinski definition) is 7. The number of nitrogens with two attached hydrogens (primary N) is 2. The molecule has 0 heterocycles. The molecule has 0 aliphatic rings. The first-order chi connectivity index (χ1) is 18.5. The first-order valence-electron chi connectivity index (χ1n) is 11.8. The Labute approximate surface area is 237 Å². The van der Waals surface area contributed by atoms with Crippen LogP contribution in [0, 0.1) is 5.41 Å². The van der Waals surface area contributed by atoms with Crippen molar-refractivity contribution >= 4 is 52.7 Å². The van der Waals surface area contributed by atoms with Crippen LogP contribution in [-0.2, 0) is 22.7 Å². The maximum Gasteiger partial charge on any atom is 0.255 e. The average molecular weight is 570 g/mol. The lowest BCUT2D eigenvalue weighted by atomic mass is 10.1. The van der Waals surface area contributed by atoms with Gasteiger partial charge in [-0.3, -0.25) is 15.0 Å². The van der Waals surface area contributed by atoms with Crippen LogP contribution < -0.4 is 25.8 Å². The number of primary amides is 1. The SMILES string of the molecule is CC(C)=O.CSN(Cc1ccccc1)c1cc(Cl)cc(C(=O)NCc2ccc(C(=N)N)cc2OCC(N)=O)c1. The molecule has 0 radical (unpaired) electrons. The summed E-state index contributed by atoms with van der Waals surface area (Å²) >= 11 is 7.88. The summed E-state index contributed by atoms with van der Waals surface area (Å²) in [4.78, 5) is 33.6. The van der Waals surface area contributed by atoms with Gasteiger partial charge in [0, 0.05) is 40.2 Å². The highest BCUT2D eigenvalue weighted by atomic mass is 35.5. The summed E-state index contributed by atoms with van der Waals surface area (Å²) < 4.78 is 7.51. The Morgan fingerprint density at radius 2 is 1.67 bits per heavy atom. The number of halogens is 1. The molecule has 0 spiro atoms. The van der Waals surface area contributed by atoms with E-state index >= 15 is 0 Å². The molecule has 0 aromatic heterocycles. The number of hydrogen-bond donors (Lipinski definition) is 4. The zero-order valence-electron chi connectivity index (χ0n) is 22.0. The van der Waals surface area contributed by atoms with Crippen molar-refractivity contribution in [2.75, 3.05) is 17.2 Å². The Balaban J connectivity index is 0.00000124. The van der Waals surface area contributed by atoms with Crippen LogP contribution in [0.25, 0.3) is 0 Å². The number of ketones is 1. The van der Waals surface area contributed by atoms with E-state index in [1.54, 1.807) is 24.3 Å². The molecule has 0 aliphatic carbocycles.